The highest BCUT2D eigenvalue weighted by Crippen LogP contribution is 2.25. The summed E-state index contributed by atoms with van der Waals surface area (Å²) in [5, 5.41) is 16.1. The molecule has 0 saturated carbocycles. The Kier molecular flexibility index (Phi) is 6.20. The number of nitrogens with one attached hydrogen (secondary N) is 1. The Morgan fingerprint density at radius 1 is 1.35 bits per heavy atom. The van der Waals surface area contributed by atoms with Crippen LogP contribution in [-0.4, -0.2) is 28.8 Å². The number of aliphatic hydroxyl groups excluding tert-OH is 1. The molecule has 0 aliphatic carbocycles. The van der Waals surface area contributed by atoms with E-state index < -0.39 is 0 Å². The van der Waals surface area contributed by atoms with Crippen molar-refractivity contribution in [3.8, 4) is 0 Å². The van der Waals surface area contributed by atoms with E-state index in [1.54, 1.807) is 6.92 Å². The van der Waals surface area contributed by atoms with Crippen LogP contribution in [0.1, 0.15) is 56.5 Å². The van der Waals surface area contributed by atoms with Gasteiger partial charge in [-0.15, -0.1) is 0 Å². The molecule has 2 N–H and O–H groups in total. The average Bonchev–Trinajstić information content (AvgIpc) is 2.65. The lowest BCUT2D eigenvalue weighted by Gasteiger charge is -2.16. The largest absolute Gasteiger partial charge is 0.393 e. The van der Waals surface area contributed by atoms with Gasteiger partial charge in [0.15, 0.2) is 0 Å². The fourth-order valence-corrected chi connectivity index (χ4v) is 2.60. The second-order valence-electron chi connectivity index (χ2n) is 5.84. The summed E-state index contributed by atoms with van der Waals surface area (Å²) < 4.78 is 5.13. The number of amides is 1. The molecule has 0 fully saturated rings. The van der Waals surface area contributed by atoms with Gasteiger partial charge in [0.1, 0.15) is 5.76 Å². The molecular formula is C15H26N2O3. The fraction of sp³-hybridized carbons (Fsp3) is 0.733. The molecular weight excluding hydrogens is 256 g/mol. The van der Waals surface area contributed by atoms with Crippen LogP contribution in [0.15, 0.2) is 4.52 Å². The van der Waals surface area contributed by atoms with Crippen molar-refractivity contribution in [2.24, 2.45) is 5.92 Å². The number of nitrogens with zero attached hydrogens (tertiary/aromatic N) is 1. The Hall–Kier alpha value is -1.36. The molecule has 1 amide bonds. The van der Waals surface area contributed by atoms with Gasteiger partial charge in [-0.25, -0.2) is 0 Å². The van der Waals surface area contributed by atoms with Crippen molar-refractivity contribution >= 4 is 5.91 Å². The quantitative estimate of drug-likeness (QED) is 0.804. The van der Waals surface area contributed by atoms with E-state index in [0.717, 1.165) is 17.0 Å². The van der Waals surface area contributed by atoms with Gasteiger partial charge in [-0.3, -0.25) is 4.79 Å². The Balaban J connectivity index is 2.43. The molecule has 5 nitrogen and oxygen atoms in total. The molecule has 1 heterocycles. The van der Waals surface area contributed by atoms with Crippen LogP contribution < -0.4 is 5.32 Å². The third-order valence-corrected chi connectivity index (χ3v) is 3.46. The summed E-state index contributed by atoms with van der Waals surface area (Å²) in [7, 11) is 0. The number of aryl methyl sites for hydroxylation is 2. The average molecular weight is 282 g/mol. The van der Waals surface area contributed by atoms with Crippen molar-refractivity contribution < 1.29 is 14.4 Å². The van der Waals surface area contributed by atoms with Gasteiger partial charge in [0.2, 0.25) is 5.91 Å². The summed E-state index contributed by atoms with van der Waals surface area (Å²) in [5.41, 5.74) is 1.88. The molecule has 114 valence electrons. The first-order chi connectivity index (χ1) is 9.31. The first-order valence-electron chi connectivity index (χ1n) is 7.18. The number of aromatic nitrogens is 1. The van der Waals surface area contributed by atoms with Crippen LogP contribution >= 0.6 is 0 Å². The number of hydrogen-bond donors (Lipinski definition) is 2. The third-order valence-electron chi connectivity index (χ3n) is 3.46. The molecule has 0 spiro atoms. The van der Waals surface area contributed by atoms with Gasteiger partial charge in [-0.05, 0) is 39.0 Å². The Bertz CT molecular complexity index is 421. The van der Waals surface area contributed by atoms with Crippen LogP contribution in [0.25, 0.3) is 0 Å². The van der Waals surface area contributed by atoms with Crippen molar-refractivity contribution in [2.45, 2.75) is 59.5 Å². The Morgan fingerprint density at radius 3 is 2.50 bits per heavy atom. The molecule has 0 aliphatic heterocycles. The van der Waals surface area contributed by atoms with Crippen LogP contribution in [0.4, 0.5) is 0 Å². The van der Waals surface area contributed by atoms with Gasteiger partial charge in [0, 0.05) is 18.5 Å². The zero-order valence-electron chi connectivity index (χ0n) is 13.1. The zero-order valence-corrected chi connectivity index (χ0v) is 13.1. The van der Waals surface area contributed by atoms with Gasteiger partial charge in [0.25, 0.3) is 0 Å². The van der Waals surface area contributed by atoms with Gasteiger partial charge in [-0.2, -0.15) is 0 Å². The minimum atomic E-state index is -0.330. The van der Waals surface area contributed by atoms with Crippen LogP contribution in [-0.2, 0) is 4.79 Å². The van der Waals surface area contributed by atoms with Crippen molar-refractivity contribution in [3.05, 3.63) is 17.0 Å². The third kappa shape index (κ3) is 4.96. The topological polar surface area (TPSA) is 75.4 Å². The van der Waals surface area contributed by atoms with Crippen molar-refractivity contribution in [1.29, 1.82) is 0 Å². The summed E-state index contributed by atoms with van der Waals surface area (Å²) in [6, 6.07) is 0. The second-order valence-corrected chi connectivity index (χ2v) is 5.84. The standard InChI is InChI=1S/C15H26N2O3/c1-9(6-11(3)18)8-16-14(19)7-10(2)15-12(4)17-20-13(15)5/h9-11,18H,6-8H2,1-5H3,(H,16,19). The summed E-state index contributed by atoms with van der Waals surface area (Å²) in [6.45, 7) is 10.1. The molecule has 0 bridgehead atoms. The molecule has 5 heteroatoms. The van der Waals surface area contributed by atoms with E-state index in [1.165, 1.54) is 0 Å². The van der Waals surface area contributed by atoms with Gasteiger partial charge in [0.05, 0.1) is 11.8 Å². The van der Waals surface area contributed by atoms with E-state index in [-0.39, 0.29) is 23.8 Å². The Morgan fingerprint density at radius 2 is 2.00 bits per heavy atom. The number of rotatable bonds is 7. The zero-order chi connectivity index (χ0) is 15.3. The maximum absolute atomic E-state index is 11.9. The van der Waals surface area contributed by atoms with Crippen molar-refractivity contribution in [1.82, 2.24) is 10.5 Å². The summed E-state index contributed by atoms with van der Waals surface area (Å²) in [4.78, 5) is 11.9. The molecule has 3 unspecified atom stereocenters. The summed E-state index contributed by atoms with van der Waals surface area (Å²) in [6.07, 6.45) is 0.785. The minimum Gasteiger partial charge on any atom is -0.393 e. The van der Waals surface area contributed by atoms with E-state index >= 15 is 0 Å². The monoisotopic (exact) mass is 282 g/mol. The molecule has 1 aromatic heterocycles. The van der Waals surface area contributed by atoms with E-state index in [9.17, 15) is 9.90 Å². The molecule has 0 aromatic carbocycles. The lowest BCUT2D eigenvalue weighted by atomic mass is 9.95. The van der Waals surface area contributed by atoms with Crippen LogP contribution in [0, 0.1) is 19.8 Å². The number of hydrogen-bond acceptors (Lipinski definition) is 4. The molecule has 1 rings (SSSR count). The maximum Gasteiger partial charge on any atom is 0.220 e. The normalized spacial score (nSPS) is 15.7. The van der Waals surface area contributed by atoms with Crippen molar-refractivity contribution in [2.75, 3.05) is 6.54 Å². The Labute approximate surface area is 120 Å². The molecule has 1 aromatic rings. The maximum atomic E-state index is 11.9. The highest BCUT2D eigenvalue weighted by molar-refractivity contribution is 5.76. The highest BCUT2D eigenvalue weighted by Gasteiger charge is 2.19. The molecule has 0 radical (unpaired) electrons. The molecule has 3 atom stereocenters. The SMILES string of the molecule is Cc1noc(C)c1C(C)CC(=O)NCC(C)CC(C)O. The molecule has 0 saturated heterocycles. The fourth-order valence-electron chi connectivity index (χ4n) is 2.60. The number of carbonyl (C=O) groups is 1. The van der Waals surface area contributed by atoms with Crippen LogP contribution in [0.5, 0.6) is 0 Å². The second kappa shape index (κ2) is 7.43. The van der Waals surface area contributed by atoms with Gasteiger partial charge >= 0.3 is 0 Å². The number of carbonyl (C=O) groups excluding carboxylic acids is 1. The molecule has 0 aliphatic rings. The first kappa shape index (κ1) is 16.7. The lowest BCUT2D eigenvalue weighted by Crippen LogP contribution is -2.30. The molecule has 20 heavy (non-hydrogen) atoms. The number of aliphatic hydroxyl groups is 1. The summed E-state index contributed by atoms with van der Waals surface area (Å²) in [5.74, 6) is 1.17. The highest BCUT2D eigenvalue weighted by atomic mass is 16.5. The van der Waals surface area contributed by atoms with Crippen LogP contribution in [0.3, 0.4) is 0 Å². The smallest absolute Gasteiger partial charge is 0.220 e. The van der Waals surface area contributed by atoms with E-state index in [1.807, 2.05) is 27.7 Å². The van der Waals surface area contributed by atoms with E-state index in [2.05, 4.69) is 10.5 Å². The van der Waals surface area contributed by atoms with E-state index in [4.69, 9.17) is 4.52 Å². The minimum absolute atomic E-state index is 0.0231. The van der Waals surface area contributed by atoms with Crippen LogP contribution in [0.2, 0.25) is 0 Å². The predicted molar refractivity (Wildman–Crippen MR) is 77.5 cm³/mol. The first-order valence-corrected chi connectivity index (χ1v) is 7.18. The summed E-state index contributed by atoms with van der Waals surface area (Å²) >= 11 is 0. The van der Waals surface area contributed by atoms with Crippen molar-refractivity contribution in [3.63, 3.8) is 0 Å². The van der Waals surface area contributed by atoms with E-state index in [0.29, 0.717) is 19.4 Å². The predicted octanol–water partition coefficient (Wildman–Crippen LogP) is 2.31. The van der Waals surface area contributed by atoms with Gasteiger partial charge < -0.3 is 14.9 Å². The lowest BCUT2D eigenvalue weighted by molar-refractivity contribution is -0.121. The van der Waals surface area contributed by atoms with Gasteiger partial charge in [-0.1, -0.05) is 19.0 Å².